The fraction of sp³-hybridized carbons (Fsp3) is 0.462. The van der Waals surface area contributed by atoms with Crippen LogP contribution >= 0.6 is 11.6 Å². The molecule has 1 fully saturated rings. The second-order valence-corrected chi connectivity index (χ2v) is 5.07. The van der Waals surface area contributed by atoms with E-state index >= 15 is 0 Å². The lowest BCUT2D eigenvalue weighted by Crippen LogP contribution is -2.29. The highest BCUT2D eigenvalue weighted by molar-refractivity contribution is 6.29. The van der Waals surface area contributed by atoms with E-state index in [9.17, 15) is 0 Å². The van der Waals surface area contributed by atoms with E-state index in [-0.39, 0.29) is 0 Å². The van der Waals surface area contributed by atoms with Gasteiger partial charge in [0.25, 0.3) is 0 Å². The highest BCUT2D eigenvalue weighted by Gasteiger charge is 2.16. The molecule has 0 saturated carbocycles. The quantitative estimate of drug-likeness (QED) is 0.829. The molecule has 3 nitrogen and oxygen atoms in total. The molecule has 3 heterocycles. The third-order valence-electron chi connectivity index (χ3n) is 3.51. The highest BCUT2D eigenvalue weighted by Crippen LogP contribution is 2.21. The summed E-state index contributed by atoms with van der Waals surface area (Å²) in [7, 11) is 0. The molecule has 2 aromatic rings. The van der Waals surface area contributed by atoms with Crippen molar-refractivity contribution in [1.29, 1.82) is 0 Å². The minimum Gasteiger partial charge on any atom is -0.317 e. The summed E-state index contributed by atoms with van der Waals surface area (Å²) in [5, 5.41) is 4.14. The van der Waals surface area contributed by atoms with Crippen molar-refractivity contribution in [1.82, 2.24) is 14.7 Å². The van der Waals surface area contributed by atoms with E-state index in [1.54, 1.807) is 0 Å². The molecule has 0 amide bonds. The number of nitrogens with zero attached hydrogens (tertiary/aromatic N) is 2. The molecule has 0 atom stereocenters. The largest absolute Gasteiger partial charge is 0.317 e. The summed E-state index contributed by atoms with van der Waals surface area (Å²) in [6.45, 7) is 2.25. The van der Waals surface area contributed by atoms with Crippen molar-refractivity contribution in [3.05, 3.63) is 35.4 Å². The van der Waals surface area contributed by atoms with E-state index in [1.165, 1.54) is 12.8 Å². The number of imidazole rings is 1. The highest BCUT2D eigenvalue weighted by atomic mass is 35.5. The van der Waals surface area contributed by atoms with Gasteiger partial charge in [-0.15, -0.1) is 0 Å². The molecule has 2 aromatic heterocycles. The number of nitrogens with one attached hydrogen (secondary N) is 1. The molecule has 90 valence electrons. The van der Waals surface area contributed by atoms with Crippen LogP contribution in [0.25, 0.3) is 5.52 Å². The van der Waals surface area contributed by atoms with Crippen LogP contribution in [0.15, 0.2) is 24.4 Å². The van der Waals surface area contributed by atoms with Gasteiger partial charge in [-0.25, -0.2) is 4.98 Å². The van der Waals surface area contributed by atoms with Crippen LogP contribution < -0.4 is 5.32 Å². The summed E-state index contributed by atoms with van der Waals surface area (Å²) in [6.07, 6.45) is 5.40. The fourth-order valence-corrected chi connectivity index (χ4v) is 2.83. The van der Waals surface area contributed by atoms with Gasteiger partial charge in [-0.2, -0.15) is 0 Å². The summed E-state index contributed by atoms with van der Waals surface area (Å²) in [6, 6.07) is 5.93. The standard InChI is InChI=1S/C13H16ClN3/c14-12-3-1-2-11-9-16-13(17(11)12)8-10-4-6-15-7-5-10/h1-3,9-10,15H,4-8H2. The number of aromatic nitrogens is 2. The Morgan fingerprint density at radius 3 is 3.00 bits per heavy atom. The van der Waals surface area contributed by atoms with Gasteiger partial charge in [0.15, 0.2) is 0 Å². The molecular weight excluding hydrogens is 234 g/mol. The van der Waals surface area contributed by atoms with Crippen LogP contribution in [0.4, 0.5) is 0 Å². The van der Waals surface area contributed by atoms with Crippen LogP contribution in [0.2, 0.25) is 5.15 Å². The topological polar surface area (TPSA) is 29.3 Å². The molecule has 0 radical (unpaired) electrons. The Kier molecular flexibility index (Phi) is 3.04. The first-order chi connectivity index (χ1) is 8.34. The van der Waals surface area contributed by atoms with Crippen molar-refractivity contribution in [2.75, 3.05) is 13.1 Å². The number of piperidine rings is 1. The van der Waals surface area contributed by atoms with Crippen LogP contribution in [0.3, 0.4) is 0 Å². The minimum atomic E-state index is 0.734. The van der Waals surface area contributed by atoms with Gasteiger partial charge in [-0.05, 0) is 44.0 Å². The van der Waals surface area contributed by atoms with E-state index in [2.05, 4.69) is 14.7 Å². The number of halogens is 1. The molecule has 0 unspecified atom stereocenters. The third-order valence-corrected chi connectivity index (χ3v) is 3.80. The average Bonchev–Trinajstić information content (AvgIpc) is 2.75. The molecule has 1 aliphatic heterocycles. The van der Waals surface area contributed by atoms with Gasteiger partial charge in [0.05, 0.1) is 11.7 Å². The molecule has 4 heteroatoms. The zero-order chi connectivity index (χ0) is 11.7. The number of fused-ring (bicyclic) bond motifs is 1. The molecule has 0 bridgehead atoms. The first kappa shape index (κ1) is 11.1. The van der Waals surface area contributed by atoms with Crippen LogP contribution in [0.5, 0.6) is 0 Å². The van der Waals surface area contributed by atoms with Crippen LogP contribution in [-0.2, 0) is 6.42 Å². The summed E-state index contributed by atoms with van der Waals surface area (Å²) in [5.41, 5.74) is 1.08. The van der Waals surface area contributed by atoms with E-state index in [1.807, 2.05) is 24.4 Å². The molecule has 1 N–H and O–H groups in total. The lowest BCUT2D eigenvalue weighted by molar-refractivity contribution is 0.367. The van der Waals surface area contributed by atoms with Gasteiger partial charge in [-0.1, -0.05) is 17.7 Å². The Morgan fingerprint density at radius 1 is 1.35 bits per heavy atom. The van der Waals surface area contributed by atoms with Crippen molar-refractivity contribution in [2.24, 2.45) is 5.92 Å². The smallest absolute Gasteiger partial charge is 0.114 e. The molecule has 0 spiro atoms. The monoisotopic (exact) mass is 249 g/mol. The maximum atomic E-state index is 6.23. The summed E-state index contributed by atoms with van der Waals surface area (Å²) >= 11 is 6.23. The van der Waals surface area contributed by atoms with Gasteiger partial charge in [0.1, 0.15) is 11.0 Å². The van der Waals surface area contributed by atoms with Crippen LogP contribution in [0, 0.1) is 5.92 Å². The van der Waals surface area contributed by atoms with Gasteiger partial charge in [0, 0.05) is 6.42 Å². The lowest BCUT2D eigenvalue weighted by atomic mass is 9.94. The maximum absolute atomic E-state index is 6.23. The summed E-state index contributed by atoms with van der Waals surface area (Å²) in [5.74, 6) is 1.83. The molecule has 0 aromatic carbocycles. The summed E-state index contributed by atoms with van der Waals surface area (Å²) < 4.78 is 2.06. The molecule has 0 aliphatic carbocycles. The van der Waals surface area contributed by atoms with Gasteiger partial charge in [-0.3, -0.25) is 4.40 Å². The van der Waals surface area contributed by atoms with Gasteiger partial charge in [0.2, 0.25) is 0 Å². The fourth-order valence-electron chi connectivity index (χ4n) is 2.56. The zero-order valence-corrected chi connectivity index (χ0v) is 10.5. The predicted molar refractivity (Wildman–Crippen MR) is 69.5 cm³/mol. The number of pyridine rings is 1. The van der Waals surface area contributed by atoms with E-state index in [0.717, 1.165) is 41.9 Å². The SMILES string of the molecule is Clc1cccc2cnc(CC3CCNCC3)n12. The molecule has 3 rings (SSSR count). The van der Waals surface area contributed by atoms with Crippen molar-refractivity contribution in [2.45, 2.75) is 19.3 Å². The first-order valence-electron chi connectivity index (χ1n) is 6.16. The molecule has 17 heavy (non-hydrogen) atoms. The van der Waals surface area contributed by atoms with E-state index in [0.29, 0.717) is 0 Å². The second-order valence-electron chi connectivity index (χ2n) is 4.68. The van der Waals surface area contributed by atoms with E-state index < -0.39 is 0 Å². The Balaban J connectivity index is 1.89. The summed E-state index contributed by atoms with van der Waals surface area (Å²) in [4.78, 5) is 4.51. The van der Waals surface area contributed by atoms with Crippen molar-refractivity contribution in [3.8, 4) is 0 Å². The number of rotatable bonds is 2. The van der Waals surface area contributed by atoms with E-state index in [4.69, 9.17) is 11.6 Å². The number of hydrogen-bond acceptors (Lipinski definition) is 2. The van der Waals surface area contributed by atoms with Crippen molar-refractivity contribution >= 4 is 17.1 Å². The molecule has 1 saturated heterocycles. The normalized spacial score (nSPS) is 17.7. The molecular formula is C13H16ClN3. The molecule has 1 aliphatic rings. The average molecular weight is 250 g/mol. The van der Waals surface area contributed by atoms with Crippen molar-refractivity contribution in [3.63, 3.8) is 0 Å². The number of hydrogen-bond donors (Lipinski definition) is 1. The Hall–Kier alpha value is -1.06. The second kappa shape index (κ2) is 4.67. The lowest BCUT2D eigenvalue weighted by Gasteiger charge is -2.22. The van der Waals surface area contributed by atoms with Crippen LogP contribution in [-0.4, -0.2) is 22.5 Å². The third kappa shape index (κ3) is 2.17. The Bertz CT molecular complexity index is 514. The van der Waals surface area contributed by atoms with Crippen molar-refractivity contribution < 1.29 is 0 Å². The Morgan fingerprint density at radius 2 is 2.18 bits per heavy atom. The maximum Gasteiger partial charge on any atom is 0.114 e. The predicted octanol–water partition coefficient (Wildman–Crippen LogP) is 2.53. The van der Waals surface area contributed by atoms with Gasteiger partial charge >= 0.3 is 0 Å². The van der Waals surface area contributed by atoms with Crippen LogP contribution in [0.1, 0.15) is 18.7 Å². The first-order valence-corrected chi connectivity index (χ1v) is 6.54. The Labute approximate surface area is 106 Å². The zero-order valence-electron chi connectivity index (χ0n) is 9.69. The van der Waals surface area contributed by atoms with Gasteiger partial charge < -0.3 is 5.32 Å². The minimum absolute atomic E-state index is 0.734.